The topological polar surface area (TPSA) is 109 Å². The molecule has 3 aromatic rings. The van der Waals surface area contributed by atoms with Crippen molar-refractivity contribution < 1.29 is 14.6 Å². The van der Waals surface area contributed by atoms with E-state index < -0.39 is 14.3 Å². The number of aromatic nitrogens is 2. The molecule has 25 heavy (non-hydrogen) atoms. The maximum atomic E-state index is 12.7. The van der Waals surface area contributed by atoms with Crippen LogP contribution >= 0.6 is 7.14 Å². The number of benzene rings is 2. The minimum atomic E-state index is -2.57. The number of nitrogens with zero attached hydrogens (tertiary/aromatic N) is 2. The van der Waals surface area contributed by atoms with Gasteiger partial charge in [0.15, 0.2) is 5.82 Å². The smallest absolute Gasteiger partial charge is 0.423 e. The van der Waals surface area contributed by atoms with Gasteiger partial charge in [-0.15, -0.1) is 5.10 Å². The lowest BCUT2D eigenvalue weighted by Gasteiger charge is -2.16. The fourth-order valence-electron chi connectivity index (χ4n) is 2.89. The highest BCUT2D eigenvalue weighted by Crippen LogP contribution is 2.39. The Balaban J connectivity index is 2.31. The lowest BCUT2D eigenvalue weighted by atomic mass is 9.79. The van der Waals surface area contributed by atoms with Gasteiger partial charge in [-0.3, -0.25) is 0 Å². The molecule has 0 fully saturated rings. The molecule has 3 rings (SSSR count). The molecule has 128 valence electrons. The van der Waals surface area contributed by atoms with Crippen LogP contribution in [0.2, 0.25) is 0 Å². The number of aryl methyl sites for hydroxylation is 1. The number of hydrogen-bond donors (Lipinski definition) is 3. The van der Waals surface area contributed by atoms with E-state index in [4.69, 9.17) is 5.73 Å². The van der Waals surface area contributed by atoms with Gasteiger partial charge in [-0.25, -0.2) is 0 Å². The van der Waals surface area contributed by atoms with Gasteiger partial charge in [0, 0.05) is 16.1 Å². The van der Waals surface area contributed by atoms with Crippen LogP contribution in [0.25, 0.3) is 21.9 Å². The summed E-state index contributed by atoms with van der Waals surface area (Å²) in [6.07, 6.45) is 0. The second-order valence-corrected chi connectivity index (χ2v) is 9.62. The molecule has 2 aromatic carbocycles. The third-order valence-corrected chi connectivity index (χ3v) is 5.75. The standard InChI is InChI=1S/C17H19BN3O3P/c1-10-14-8-11(4-6-13(14)17(19)21-20-10)15-9-12(18(22)23)5-7-16(15)25(2,3)24/h4-9,22-23H,1-3H3,(H2,19,21). The molecule has 1 heterocycles. The summed E-state index contributed by atoms with van der Waals surface area (Å²) in [5.41, 5.74) is 8.49. The molecule has 8 heteroatoms. The number of rotatable bonds is 3. The molecule has 1 aromatic heterocycles. The van der Waals surface area contributed by atoms with E-state index in [-0.39, 0.29) is 0 Å². The zero-order valence-electron chi connectivity index (χ0n) is 14.3. The Morgan fingerprint density at radius 2 is 1.76 bits per heavy atom. The van der Waals surface area contributed by atoms with Crippen LogP contribution in [-0.2, 0) is 4.57 Å². The van der Waals surface area contributed by atoms with Crippen LogP contribution in [0.5, 0.6) is 0 Å². The van der Waals surface area contributed by atoms with Crippen LogP contribution in [0.15, 0.2) is 36.4 Å². The van der Waals surface area contributed by atoms with Crippen molar-refractivity contribution in [3.05, 3.63) is 42.1 Å². The van der Waals surface area contributed by atoms with Crippen LogP contribution in [-0.4, -0.2) is 40.7 Å². The Kier molecular flexibility index (Phi) is 4.41. The molecule has 0 bridgehead atoms. The van der Waals surface area contributed by atoms with E-state index >= 15 is 0 Å². The predicted molar refractivity (Wildman–Crippen MR) is 103 cm³/mol. The largest absolute Gasteiger partial charge is 0.488 e. The van der Waals surface area contributed by atoms with Crippen molar-refractivity contribution in [2.24, 2.45) is 0 Å². The van der Waals surface area contributed by atoms with E-state index in [0.717, 1.165) is 22.0 Å². The van der Waals surface area contributed by atoms with Crippen LogP contribution in [0.3, 0.4) is 0 Å². The van der Waals surface area contributed by atoms with Gasteiger partial charge in [0.05, 0.1) is 5.69 Å². The molecule has 0 saturated carbocycles. The van der Waals surface area contributed by atoms with Crippen molar-refractivity contribution in [3.8, 4) is 11.1 Å². The van der Waals surface area contributed by atoms with Crippen molar-refractivity contribution in [3.63, 3.8) is 0 Å². The fraction of sp³-hybridized carbons (Fsp3) is 0.176. The average Bonchev–Trinajstić information content (AvgIpc) is 2.56. The summed E-state index contributed by atoms with van der Waals surface area (Å²) in [6, 6.07) is 10.6. The Bertz CT molecular complexity index is 1020. The van der Waals surface area contributed by atoms with E-state index in [2.05, 4.69) is 10.2 Å². The van der Waals surface area contributed by atoms with E-state index in [0.29, 0.717) is 22.1 Å². The van der Waals surface area contributed by atoms with Gasteiger partial charge in [0.2, 0.25) is 0 Å². The third-order valence-electron chi connectivity index (χ3n) is 4.20. The van der Waals surface area contributed by atoms with Crippen molar-refractivity contribution in [2.45, 2.75) is 6.92 Å². The maximum Gasteiger partial charge on any atom is 0.488 e. The van der Waals surface area contributed by atoms with Gasteiger partial charge in [0.1, 0.15) is 7.14 Å². The second kappa shape index (κ2) is 6.26. The molecule has 0 aliphatic heterocycles. The molecule has 0 radical (unpaired) electrons. The summed E-state index contributed by atoms with van der Waals surface area (Å²) in [5.74, 6) is 0.351. The van der Waals surface area contributed by atoms with Crippen molar-refractivity contribution in [1.82, 2.24) is 10.2 Å². The number of fused-ring (bicyclic) bond motifs is 1. The first-order valence-corrected chi connectivity index (χ1v) is 10.4. The number of nitrogens with two attached hydrogens (primary N) is 1. The van der Waals surface area contributed by atoms with Gasteiger partial charge in [0.25, 0.3) is 0 Å². The summed E-state index contributed by atoms with van der Waals surface area (Å²) in [6.45, 7) is 5.23. The van der Waals surface area contributed by atoms with Gasteiger partial charge < -0.3 is 20.3 Å². The zero-order valence-corrected chi connectivity index (χ0v) is 15.2. The van der Waals surface area contributed by atoms with E-state index in [9.17, 15) is 14.6 Å². The Labute approximate surface area is 146 Å². The Morgan fingerprint density at radius 3 is 2.40 bits per heavy atom. The monoisotopic (exact) mass is 355 g/mol. The highest BCUT2D eigenvalue weighted by atomic mass is 31.2. The van der Waals surface area contributed by atoms with E-state index in [1.165, 1.54) is 0 Å². The van der Waals surface area contributed by atoms with Crippen LogP contribution in [0.4, 0.5) is 5.82 Å². The molecular weight excluding hydrogens is 336 g/mol. The minimum Gasteiger partial charge on any atom is -0.423 e. The van der Waals surface area contributed by atoms with E-state index in [1.807, 2.05) is 25.1 Å². The van der Waals surface area contributed by atoms with Crippen LogP contribution in [0, 0.1) is 6.92 Å². The average molecular weight is 355 g/mol. The molecule has 0 aliphatic rings. The summed E-state index contributed by atoms with van der Waals surface area (Å²) in [7, 11) is -4.16. The van der Waals surface area contributed by atoms with Gasteiger partial charge in [-0.2, -0.15) is 5.10 Å². The molecule has 0 amide bonds. The highest BCUT2D eigenvalue weighted by molar-refractivity contribution is 7.70. The first-order chi connectivity index (χ1) is 11.7. The molecular formula is C17H19BN3O3P. The number of nitrogen functional groups attached to an aromatic ring is 1. The lowest BCUT2D eigenvalue weighted by molar-refractivity contribution is 0.426. The summed E-state index contributed by atoms with van der Waals surface area (Å²) < 4.78 is 12.7. The summed E-state index contributed by atoms with van der Waals surface area (Å²) in [5, 5.41) is 29.3. The molecule has 0 unspecified atom stereocenters. The number of hydrogen-bond acceptors (Lipinski definition) is 6. The number of anilines is 1. The predicted octanol–water partition coefficient (Wildman–Crippen LogP) is 1.12. The highest BCUT2D eigenvalue weighted by Gasteiger charge is 2.21. The molecule has 0 spiro atoms. The molecule has 6 nitrogen and oxygen atoms in total. The summed E-state index contributed by atoms with van der Waals surface area (Å²) in [4.78, 5) is 0. The van der Waals surface area contributed by atoms with Crippen molar-refractivity contribution >= 4 is 41.6 Å². The van der Waals surface area contributed by atoms with Gasteiger partial charge in [-0.1, -0.05) is 24.3 Å². The van der Waals surface area contributed by atoms with E-state index in [1.54, 1.807) is 31.5 Å². The lowest BCUT2D eigenvalue weighted by Crippen LogP contribution is -2.31. The maximum absolute atomic E-state index is 12.7. The van der Waals surface area contributed by atoms with Gasteiger partial charge in [-0.05, 0) is 49.0 Å². The Hall–Kier alpha value is -2.21. The first-order valence-electron chi connectivity index (χ1n) is 7.77. The molecule has 0 aliphatic carbocycles. The quantitative estimate of drug-likeness (QED) is 0.480. The minimum absolute atomic E-state index is 0.344. The molecule has 4 N–H and O–H groups in total. The molecule has 0 atom stereocenters. The van der Waals surface area contributed by atoms with Crippen molar-refractivity contribution in [2.75, 3.05) is 19.1 Å². The SMILES string of the molecule is Cc1nnc(N)c2ccc(-c3cc(B(O)O)ccc3P(C)(C)=O)cc12. The Morgan fingerprint density at radius 1 is 1.04 bits per heavy atom. The third kappa shape index (κ3) is 3.31. The van der Waals surface area contributed by atoms with Crippen LogP contribution < -0.4 is 16.5 Å². The van der Waals surface area contributed by atoms with Crippen molar-refractivity contribution in [1.29, 1.82) is 0 Å². The zero-order chi connectivity index (χ0) is 18.4. The normalized spacial score (nSPS) is 11.7. The van der Waals surface area contributed by atoms with Crippen LogP contribution in [0.1, 0.15) is 5.69 Å². The first kappa shape index (κ1) is 17.6. The summed E-state index contributed by atoms with van der Waals surface area (Å²) >= 11 is 0. The fourth-order valence-corrected chi connectivity index (χ4v) is 4.09. The molecule has 0 saturated heterocycles. The van der Waals surface area contributed by atoms with Gasteiger partial charge >= 0.3 is 7.12 Å². The second-order valence-electron chi connectivity index (χ2n) is 6.43.